The molecule has 1 fully saturated rings. The summed E-state index contributed by atoms with van der Waals surface area (Å²) in [6.45, 7) is 6.57. The Balaban J connectivity index is 2.17. The first kappa shape index (κ1) is 14.3. The van der Waals surface area contributed by atoms with Gasteiger partial charge in [0.1, 0.15) is 5.60 Å². The highest BCUT2D eigenvalue weighted by atomic mass is 16.6. The van der Waals surface area contributed by atoms with Gasteiger partial charge in [-0.1, -0.05) is 0 Å². The SMILES string of the molecule is CC(C)(C)OC(=O)NC[C@H]1CC[C@@H](CO)CC1. The number of rotatable bonds is 3. The van der Waals surface area contributed by atoms with E-state index in [0.29, 0.717) is 25.0 Å². The largest absolute Gasteiger partial charge is 0.444 e. The van der Waals surface area contributed by atoms with Crippen LogP contribution in [0.25, 0.3) is 0 Å². The molecule has 0 aromatic rings. The molecule has 17 heavy (non-hydrogen) atoms. The Labute approximate surface area is 104 Å². The molecule has 100 valence electrons. The van der Waals surface area contributed by atoms with Gasteiger partial charge in [0.15, 0.2) is 0 Å². The maximum absolute atomic E-state index is 11.4. The highest BCUT2D eigenvalue weighted by molar-refractivity contribution is 5.67. The van der Waals surface area contributed by atoms with E-state index in [1.54, 1.807) is 0 Å². The molecule has 0 bridgehead atoms. The topological polar surface area (TPSA) is 58.6 Å². The van der Waals surface area contributed by atoms with E-state index >= 15 is 0 Å². The van der Waals surface area contributed by atoms with Gasteiger partial charge in [-0.25, -0.2) is 4.79 Å². The van der Waals surface area contributed by atoms with Crippen LogP contribution < -0.4 is 5.32 Å². The Bertz CT molecular complexity index is 240. The summed E-state index contributed by atoms with van der Waals surface area (Å²) in [5, 5.41) is 11.9. The predicted octanol–water partition coefficient (Wildman–Crippen LogP) is 2.31. The van der Waals surface area contributed by atoms with E-state index in [1.165, 1.54) is 0 Å². The zero-order chi connectivity index (χ0) is 12.9. The van der Waals surface area contributed by atoms with Crippen molar-refractivity contribution in [3.63, 3.8) is 0 Å². The Kier molecular flexibility index (Phi) is 5.25. The van der Waals surface area contributed by atoms with Crippen LogP contribution in [0.4, 0.5) is 4.79 Å². The summed E-state index contributed by atoms with van der Waals surface area (Å²) in [6.07, 6.45) is 3.97. The lowest BCUT2D eigenvalue weighted by molar-refractivity contribution is 0.0510. The average molecular weight is 243 g/mol. The number of ether oxygens (including phenoxy) is 1. The van der Waals surface area contributed by atoms with Crippen LogP contribution >= 0.6 is 0 Å². The van der Waals surface area contributed by atoms with Gasteiger partial charge in [-0.3, -0.25) is 0 Å². The lowest BCUT2D eigenvalue weighted by Gasteiger charge is -2.27. The summed E-state index contributed by atoms with van der Waals surface area (Å²) in [5.41, 5.74) is -0.432. The molecule has 0 saturated heterocycles. The number of carbonyl (C=O) groups excluding carboxylic acids is 1. The number of aliphatic hydroxyl groups excluding tert-OH is 1. The molecule has 2 N–H and O–H groups in total. The summed E-state index contributed by atoms with van der Waals surface area (Å²) in [4.78, 5) is 11.4. The van der Waals surface area contributed by atoms with Crippen LogP contribution in [0.2, 0.25) is 0 Å². The van der Waals surface area contributed by atoms with Crippen molar-refractivity contribution in [2.75, 3.05) is 13.2 Å². The standard InChI is InChI=1S/C13H25NO3/c1-13(2,3)17-12(16)14-8-10-4-6-11(9-15)7-5-10/h10-11,15H,4-9H2,1-3H3,(H,14,16)/t10-,11+. The lowest BCUT2D eigenvalue weighted by Crippen LogP contribution is -2.36. The van der Waals surface area contributed by atoms with Crippen LogP contribution in [0.3, 0.4) is 0 Å². The quantitative estimate of drug-likeness (QED) is 0.799. The minimum Gasteiger partial charge on any atom is -0.444 e. The van der Waals surface area contributed by atoms with Crippen LogP contribution in [0.15, 0.2) is 0 Å². The smallest absolute Gasteiger partial charge is 0.407 e. The molecule has 1 rings (SSSR count). The molecule has 1 amide bonds. The van der Waals surface area contributed by atoms with Gasteiger partial charge in [0.05, 0.1) is 0 Å². The monoisotopic (exact) mass is 243 g/mol. The van der Waals surface area contributed by atoms with E-state index in [-0.39, 0.29) is 6.09 Å². The second-order valence-corrected chi connectivity index (χ2v) is 5.95. The predicted molar refractivity (Wildman–Crippen MR) is 66.8 cm³/mol. The molecular formula is C13H25NO3. The Hall–Kier alpha value is -0.770. The van der Waals surface area contributed by atoms with E-state index in [0.717, 1.165) is 25.7 Å². The first-order valence-electron chi connectivity index (χ1n) is 6.48. The molecule has 0 atom stereocenters. The molecule has 4 nitrogen and oxygen atoms in total. The van der Waals surface area contributed by atoms with Gasteiger partial charge in [-0.05, 0) is 58.3 Å². The maximum atomic E-state index is 11.4. The Morgan fingerprint density at radius 3 is 2.24 bits per heavy atom. The normalized spacial score (nSPS) is 25.4. The fourth-order valence-corrected chi connectivity index (χ4v) is 2.16. The summed E-state index contributed by atoms with van der Waals surface area (Å²) >= 11 is 0. The van der Waals surface area contributed by atoms with Crippen LogP contribution in [-0.2, 0) is 4.74 Å². The molecule has 0 aromatic carbocycles. The Morgan fingerprint density at radius 1 is 1.24 bits per heavy atom. The molecule has 1 saturated carbocycles. The minimum absolute atomic E-state index is 0.298. The van der Waals surface area contributed by atoms with Crippen molar-refractivity contribution in [2.24, 2.45) is 11.8 Å². The molecule has 0 heterocycles. The second-order valence-electron chi connectivity index (χ2n) is 5.95. The van der Waals surface area contributed by atoms with Crippen LogP contribution in [0.5, 0.6) is 0 Å². The van der Waals surface area contributed by atoms with Crippen molar-refractivity contribution in [3.8, 4) is 0 Å². The first-order valence-corrected chi connectivity index (χ1v) is 6.48. The van der Waals surface area contributed by atoms with Gasteiger partial charge in [0, 0.05) is 13.2 Å². The van der Waals surface area contributed by atoms with Gasteiger partial charge in [0.25, 0.3) is 0 Å². The molecule has 0 aromatic heterocycles. The van der Waals surface area contributed by atoms with Gasteiger partial charge < -0.3 is 15.2 Å². The summed E-state index contributed by atoms with van der Waals surface area (Å²) < 4.78 is 5.18. The van der Waals surface area contributed by atoms with E-state index < -0.39 is 5.60 Å². The molecular weight excluding hydrogens is 218 g/mol. The van der Waals surface area contributed by atoms with Crippen molar-refractivity contribution in [3.05, 3.63) is 0 Å². The lowest BCUT2D eigenvalue weighted by atomic mass is 9.82. The highest BCUT2D eigenvalue weighted by Gasteiger charge is 2.22. The van der Waals surface area contributed by atoms with Crippen LogP contribution in [0, 0.1) is 11.8 Å². The summed E-state index contributed by atoms with van der Waals surface area (Å²) in [6, 6.07) is 0. The number of hydrogen-bond acceptors (Lipinski definition) is 3. The van der Waals surface area contributed by atoms with E-state index in [4.69, 9.17) is 9.84 Å². The molecule has 4 heteroatoms. The summed E-state index contributed by atoms with van der Waals surface area (Å²) in [5.74, 6) is 0.998. The van der Waals surface area contributed by atoms with Gasteiger partial charge in [0.2, 0.25) is 0 Å². The third-order valence-electron chi connectivity index (χ3n) is 3.16. The zero-order valence-electron chi connectivity index (χ0n) is 11.2. The number of carbonyl (C=O) groups is 1. The number of amides is 1. The van der Waals surface area contributed by atoms with Crippen LogP contribution in [0.1, 0.15) is 46.5 Å². The molecule has 0 unspecified atom stereocenters. The van der Waals surface area contributed by atoms with Gasteiger partial charge in [-0.2, -0.15) is 0 Å². The fraction of sp³-hybridized carbons (Fsp3) is 0.923. The average Bonchev–Trinajstić information content (AvgIpc) is 2.25. The minimum atomic E-state index is -0.432. The van der Waals surface area contributed by atoms with Crippen molar-refractivity contribution in [1.29, 1.82) is 0 Å². The number of hydrogen-bond donors (Lipinski definition) is 2. The van der Waals surface area contributed by atoms with Gasteiger partial charge in [-0.15, -0.1) is 0 Å². The summed E-state index contributed by atoms with van der Waals surface area (Å²) in [7, 11) is 0. The Morgan fingerprint density at radius 2 is 1.76 bits per heavy atom. The third-order valence-corrected chi connectivity index (χ3v) is 3.16. The molecule has 1 aliphatic rings. The molecule has 1 aliphatic carbocycles. The third kappa shape index (κ3) is 5.91. The van der Waals surface area contributed by atoms with Crippen molar-refractivity contribution in [1.82, 2.24) is 5.32 Å². The van der Waals surface area contributed by atoms with Gasteiger partial charge >= 0.3 is 6.09 Å². The number of nitrogens with one attached hydrogen (secondary N) is 1. The fourth-order valence-electron chi connectivity index (χ4n) is 2.16. The maximum Gasteiger partial charge on any atom is 0.407 e. The molecule has 0 radical (unpaired) electrons. The number of alkyl carbamates (subject to hydrolysis) is 1. The van der Waals surface area contributed by atoms with E-state index in [1.807, 2.05) is 20.8 Å². The van der Waals surface area contributed by atoms with Crippen LogP contribution in [-0.4, -0.2) is 30.0 Å². The van der Waals surface area contributed by atoms with Crippen molar-refractivity contribution >= 4 is 6.09 Å². The van der Waals surface area contributed by atoms with Crippen molar-refractivity contribution in [2.45, 2.75) is 52.1 Å². The van der Waals surface area contributed by atoms with Crippen molar-refractivity contribution < 1.29 is 14.6 Å². The van der Waals surface area contributed by atoms with E-state index in [2.05, 4.69) is 5.32 Å². The molecule has 0 spiro atoms. The zero-order valence-corrected chi connectivity index (χ0v) is 11.2. The second kappa shape index (κ2) is 6.24. The highest BCUT2D eigenvalue weighted by Crippen LogP contribution is 2.27. The first-order chi connectivity index (χ1) is 7.90. The molecule has 0 aliphatic heterocycles. The number of aliphatic hydroxyl groups is 1. The van der Waals surface area contributed by atoms with E-state index in [9.17, 15) is 4.79 Å².